The highest BCUT2D eigenvalue weighted by Gasteiger charge is 2.17. The third-order valence-electron chi connectivity index (χ3n) is 9.23. The van der Waals surface area contributed by atoms with Crippen LogP contribution in [-0.2, 0) is 23.8 Å². The highest BCUT2D eigenvalue weighted by molar-refractivity contribution is 5.70. The summed E-state index contributed by atoms with van der Waals surface area (Å²) >= 11 is 0. The third kappa shape index (κ3) is 42.1. The Balaban J connectivity index is 4.13. The first-order chi connectivity index (χ1) is 26.6. The number of carbonyl (C=O) groups is 2. The van der Waals surface area contributed by atoms with Gasteiger partial charge in [0.1, 0.15) is 6.61 Å². The first kappa shape index (κ1) is 51.3. The SMILES string of the molecule is CC/C=C\C/C=C\C/C=C\C/C=C\C/C=C\CCCCCCOCC(COC(=O)CCCCCCC/C=C\CCCCCC)OC(=O)CCCCCCC. The van der Waals surface area contributed by atoms with Gasteiger partial charge in [-0.1, -0.05) is 171 Å². The van der Waals surface area contributed by atoms with Crippen LogP contribution in [0.1, 0.15) is 201 Å². The van der Waals surface area contributed by atoms with Crippen molar-refractivity contribution in [3.8, 4) is 0 Å². The molecule has 0 aromatic carbocycles. The van der Waals surface area contributed by atoms with Crippen LogP contribution in [0, 0.1) is 0 Å². The zero-order chi connectivity index (χ0) is 39.3. The fourth-order valence-corrected chi connectivity index (χ4v) is 5.88. The van der Waals surface area contributed by atoms with Gasteiger partial charge in [-0.15, -0.1) is 0 Å². The van der Waals surface area contributed by atoms with E-state index in [4.69, 9.17) is 14.2 Å². The number of carbonyl (C=O) groups excluding carboxylic acids is 2. The summed E-state index contributed by atoms with van der Waals surface area (Å²) < 4.78 is 17.2. The van der Waals surface area contributed by atoms with Crippen molar-refractivity contribution in [1.29, 1.82) is 0 Å². The topological polar surface area (TPSA) is 61.8 Å². The molecule has 54 heavy (non-hydrogen) atoms. The van der Waals surface area contributed by atoms with Crippen molar-refractivity contribution < 1.29 is 23.8 Å². The van der Waals surface area contributed by atoms with Crippen molar-refractivity contribution in [2.24, 2.45) is 0 Å². The maximum absolute atomic E-state index is 12.5. The second-order valence-electron chi connectivity index (χ2n) is 14.6. The number of hydrogen-bond acceptors (Lipinski definition) is 5. The molecule has 0 aromatic rings. The minimum Gasteiger partial charge on any atom is -0.462 e. The highest BCUT2D eigenvalue weighted by Crippen LogP contribution is 2.12. The zero-order valence-corrected chi connectivity index (χ0v) is 35.5. The maximum atomic E-state index is 12.5. The number of ether oxygens (including phenoxy) is 3. The van der Waals surface area contributed by atoms with E-state index in [0.717, 1.165) is 96.3 Å². The second kappa shape index (κ2) is 44.7. The van der Waals surface area contributed by atoms with Gasteiger partial charge in [0.05, 0.1) is 6.61 Å². The van der Waals surface area contributed by atoms with Gasteiger partial charge in [-0.2, -0.15) is 0 Å². The summed E-state index contributed by atoms with van der Waals surface area (Å²) in [4.78, 5) is 25.0. The van der Waals surface area contributed by atoms with Crippen LogP contribution in [0.3, 0.4) is 0 Å². The molecule has 310 valence electrons. The fraction of sp³-hybridized carbons (Fsp3) is 0.714. The number of esters is 2. The van der Waals surface area contributed by atoms with E-state index in [0.29, 0.717) is 19.4 Å². The molecule has 0 amide bonds. The molecular formula is C49H84O5. The van der Waals surface area contributed by atoms with Gasteiger partial charge in [0.25, 0.3) is 0 Å². The summed E-state index contributed by atoms with van der Waals surface area (Å²) in [5.41, 5.74) is 0. The van der Waals surface area contributed by atoms with Crippen molar-refractivity contribution in [1.82, 2.24) is 0 Å². The Morgan fingerprint density at radius 1 is 0.426 bits per heavy atom. The largest absolute Gasteiger partial charge is 0.462 e. The van der Waals surface area contributed by atoms with Crippen molar-refractivity contribution in [3.63, 3.8) is 0 Å². The number of hydrogen-bond donors (Lipinski definition) is 0. The third-order valence-corrected chi connectivity index (χ3v) is 9.23. The van der Waals surface area contributed by atoms with Crippen LogP contribution in [0.15, 0.2) is 72.9 Å². The Kier molecular flexibility index (Phi) is 42.5. The lowest BCUT2D eigenvalue weighted by Crippen LogP contribution is -2.30. The van der Waals surface area contributed by atoms with E-state index in [1.165, 1.54) is 70.6 Å². The molecule has 0 spiro atoms. The smallest absolute Gasteiger partial charge is 0.306 e. The van der Waals surface area contributed by atoms with Gasteiger partial charge in [0, 0.05) is 19.4 Å². The van der Waals surface area contributed by atoms with Crippen LogP contribution >= 0.6 is 0 Å². The average Bonchev–Trinajstić information content (AvgIpc) is 3.17. The van der Waals surface area contributed by atoms with Crippen LogP contribution < -0.4 is 0 Å². The van der Waals surface area contributed by atoms with Gasteiger partial charge in [-0.25, -0.2) is 0 Å². The van der Waals surface area contributed by atoms with Crippen LogP contribution in [-0.4, -0.2) is 37.9 Å². The van der Waals surface area contributed by atoms with Gasteiger partial charge in [0.15, 0.2) is 6.10 Å². The van der Waals surface area contributed by atoms with E-state index in [1.807, 2.05) is 0 Å². The van der Waals surface area contributed by atoms with Gasteiger partial charge in [0.2, 0.25) is 0 Å². The monoisotopic (exact) mass is 753 g/mol. The molecule has 0 bridgehead atoms. The van der Waals surface area contributed by atoms with E-state index >= 15 is 0 Å². The standard InChI is InChI=1S/C49H84O5/c1-4-7-10-13-15-17-19-21-22-23-24-25-26-27-29-31-33-35-38-41-44-52-45-47(54-49(51)43-40-36-12-9-6-3)46-53-48(50)42-39-37-34-32-30-28-20-18-16-14-11-8-5-2/h7,10,15,17-18,20-22,24-25,27,29,47H,4-6,8-9,11-14,16,19,23,26,28,30-46H2,1-3H3/b10-7-,17-15-,20-18-,22-21-,25-24-,29-27-. The molecule has 0 saturated carbocycles. The Bertz CT molecular complexity index is 988. The Hall–Kier alpha value is -2.66. The molecule has 0 rings (SSSR count). The van der Waals surface area contributed by atoms with Crippen LogP contribution in [0.5, 0.6) is 0 Å². The van der Waals surface area contributed by atoms with Crippen molar-refractivity contribution in [2.75, 3.05) is 19.8 Å². The Labute approximate surface area is 334 Å². The number of unbranched alkanes of at least 4 members (excludes halogenated alkanes) is 17. The predicted molar refractivity (Wildman–Crippen MR) is 233 cm³/mol. The minimum absolute atomic E-state index is 0.0679. The van der Waals surface area contributed by atoms with E-state index in [2.05, 4.69) is 93.7 Å². The predicted octanol–water partition coefficient (Wildman–Crippen LogP) is 14.8. The Morgan fingerprint density at radius 3 is 1.37 bits per heavy atom. The van der Waals surface area contributed by atoms with Crippen molar-refractivity contribution in [2.45, 2.75) is 207 Å². The highest BCUT2D eigenvalue weighted by atomic mass is 16.6. The molecule has 0 radical (unpaired) electrons. The molecule has 0 aromatic heterocycles. The molecule has 0 aliphatic heterocycles. The lowest BCUT2D eigenvalue weighted by molar-refractivity contribution is -0.163. The summed E-state index contributed by atoms with van der Waals surface area (Å²) in [7, 11) is 0. The number of allylic oxidation sites excluding steroid dienone is 12. The van der Waals surface area contributed by atoms with E-state index in [-0.39, 0.29) is 25.2 Å². The van der Waals surface area contributed by atoms with Crippen LogP contribution in [0.4, 0.5) is 0 Å². The minimum atomic E-state index is -0.549. The molecule has 1 atom stereocenters. The van der Waals surface area contributed by atoms with E-state index in [9.17, 15) is 9.59 Å². The summed E-state index contributed by atoms with van der Waals surface area (Å²) in [5, 5.41) is 0. The number of rotatable bonds is 40. The molecule has 0 aliphatic carbocycles. The van der Waals surface area contributed by atoms with Gasteiger partial charge in [-0.05, 0) is 89.9 Å². The van der Waals surface area contributed by atoms with Crippen LogP contribution in [0.2, 0.25) is 0 Å². The van der Waals surface area contributed by atoms with Gasteiger partial charge >= 0.3 is 11.9 Å². The average molecular weight is 753 g/mol. The summed E-state index contributed by atoms with van der Waals surface area (Å²) in [6.07, 6.45) is 56.4. The normalized spacial score (nSPS) is 12.9. The van der Waals surface area contributed by atoms with Gasteiger partial charge < -0.3 is 14.2 Å². The second-order valence-corrected chi connectivity index (χ2v) is 14.6. The molecule has 5 heteroatoms. The summed E-state index contributed by atoms with van der Waals surface area (Å²) in [6.45, 7) is 7.55. The molecular weight excluding hydrogens is 669 g/mol. The molecule has 0 N–H and O–H groups in total. The lowest BCUT2D eigenvalue weighted by Gasteiger charge is -2.18. The summed E-state index contributed by atoms with van der Waals surface area (Å²) in [6, 6.07) is 0. The molecule has 5 nitrogen and oxygen atoms in total. The Morgan fingerprint density at radius 2 is 0.833 bits per heavy atom. The van der Waals surface area contributed by atoms with E-state index in [1.54, 1.807) is 0 Å². The molecule has 0 fully saturated rings. The molecule has 0 aliphatic rings. The lowest BCUT2D eigenvalue weighted by atomic mass is 10.1. The van der Waals surface area contributed by atoms with Crippen LogP contribution in [0.25, 0.3) is 0 Å². The van der Waals surface area contributed by atoms with Crippen molar-refractivity contribution in [3.05, 3.63) is 72.9 Å². The zero-order valence-electron chi connectivity index (χ0n) is 35.5. The first-order valence-corrected chi connectivity index (χ1v) is 22.5. The van der Waals surface area contributed by atoms with Crippen molar-refractivity contribution >= 4 is 11.9 Å². The van der Waals surface area contributed by atoms with Gasteiger partial charge in [-0.3, -0.25) is 9.59 Å². The van der Waals surface area contributed by atoms with E-state index < -0.39 is 6.10 Å². The molecule has 0 saturated heterocycles. The first-order valence-electron chi connectivity index (χ1n) is 22.5. The summed E-state index contributed by atoms with van der Waals surface area (Å²) in [5.74, 6) is -0.438. The molecule has 0 heterocycles. The molecule has 1 unspecified atom stereocenters. The maximum Gasteiger partial charge on any atom is 0.306 e. The quantitative estimate of drug-likeness (QED) is 0.0354. The fourth-order valence-electron chi connectivity index (χ4n) is 5.88.